The number of hydrogen-bond donors (Lipinski definition) is 2. The van der Waals surface area contributed by atoms with E-state index in [0.717, 1.165) is 18.9 Å². The van der Waals surface area contributed by atoms with Gasteiger partial charge in [-0.3, -0.25) is 4.90 Å². The van der Waals surface area contributed by atoms with Crippen LogP contribution in [0.5, 0.6) is 5.75 Å². The first-order valence-corrected chi connectivity index (χ1v) is 8.85. The zero-order valence-corrected chi connectivity index (χ0v) is 15.1. The predicted octanol–water partition coefficient (Wildman–Crippen LogP) is 3.22. The van der Waals surface area contributed by atoms with Gasteiger partial charge >= 0.3 is 11.9 Å². The molecule has 1 atom stereocenters. The largest absolute Gasteiger partial charge is 0.492 e. The highest BCUT2D eigenvalue weighted by atomic mass is 16.5. The summed E-state index contributed by atoms with van der Waals surface area (Å²) >= 11 is 0. The second kappa shape index (κ2) is 11.5. The third-order valence-corrected chi connectivity index (χ3v) is 4.37. The highest BCUT2D eigenvalue weighted by Crippen LogP contribution is 2.21. The molecular formula is C19H29NO5. The second-order valence-corrected chi connectivity index (χ2v) is 6.24. The van der Waals surface area contributed by atoms with Crippen molar-refractivity contribution in [2.75, 3.05) is 26.2 Å². The SMILES string of the molecule is CCC(C)c1ccc(OCCN2CCCCC2)cc1.O=C(O)C(=O)O. The van der Waals surface area contributed by atoms with Gasteiger partial charge in [0.1, 0.15) is 12.4 Å². The summed E-state index contributed by atoms with van der Waals surface area (Å²) in [5.74, 6) is -2.00. The molecule has 140 valence electrons. The summed E-state index contributed by atoms with van der Waals surface area (Å²) in [5.41, 5.74) is 1.41. The number of benzene rings is 1. The van der Waals surface area contributed by atoms with Gasteiger partial charge in [0.2, 0.25) is 0 Å². The molecule has 1 unspecified atom stereocenters. The van der Waals surface area contributed by atoms with Crippen molar-refractivity contribution >= 4 is 11.9 Å². The van der Waals surface area contributed by atoms with Crippen molar-refractivity contribution in [1.29, 1.82) is 0 Å². The van der Waals surface area contributed by atoms with E-state index >= 15 is 0 Å². The van der Waals surface area contributed by atoms with Crippen LogP contribution in [0.3, 0.4) is 0 Å². The van der Waals surface area contributed by atoms with Gasteiger partial charge in [-0.15, -0.1) is 0 Å². The third-order valence-electron chi connectivity index (χ3n) is 4.37. The van der Waals surface area contributed by atoms with Gasteiger partial charge in [0.15, 0.2) is 0 Å². The molecule has 0 saturated carbocycles. The van der Waals surface area contributed by atoms with Crippen molar-refractivity contribution in [2.45, 2.75) is 45.4 Å². The van der Waals surface area contributed by atoms with Crippen LogP contribution in [-0.2, 0) is 9.59 Å². The Morgan fingerprint density at radius 2 is 1.64 bits per heavy atom. The van der Waals surface area contributed by atoms with Gasteiger partial charge in [0, 0.05) is 6.54 Å². The van der Waals surface area contributed by atoms with Gasteiger partial charge in [-0.2, -0.15) is 0 Å². The van der Waals surface area contributed by atoms with Gasteiger partial charge in [0.25, 0.3) is 0 Å². The Labute approximate surface area is 149 Å². The summed E-state index contributed by atoms with van der Waals surface area (Å²) in [6.07, 6.45) is 5.29. The molecule has 1 heterocycles. The lowest BCUT2D eigenvalue weighted by Crippen LogP contribution is -2.33. The predicted molar refractivity (Wildman–Crippen MR) is 96.2 cm³/mol. The molecule has 1 aromatic carbocycles. The molecule has 1 saturated heterocycles. The fraction of sp³-hybridized carbons (Fsp3) is 0.579. The molecule has 25 heavy (non-hydrogen) atoms. The minimum absolute atomic E-state index is 0.641. The molecule has 0 radical (unpaired) electrons. The summed E-state index contributed by atoms with van der Waals surface area (Å²) in [4.78, 5) is 20.7. The fourth-order valence-corrected chi connectivity index (χ4v) is 2.60. The molecule has 6 nitrogen and oxygen atoms in total. The topological polar surface area (TPSA) is 87.1 Å². The van der Waals surface area contributed by atoms with Crippen LogP contribution >= 0.6 is 0 Å². The summed E-state index contributed by atoms with van der Waals surface area (Å²) < 4.78 is 5.84. The second-order valence-electron chi connectivity index (χ2n) is 6.24. The fourth-order valence-electron chi connectivity index (χ4n) is 2.60. The number of carboxylic acid groups (broad SMARTS) is 2. The number of hydrogen-bond acceptors (Lipinski definition) is 4. The van der Waals surface area contributed by atoms with E-state index in [1.165, 1.54) is 44.3 Å². The number of nitrogens with zero attached hydrogens (tertiary/aromatic N) is 1. The van der Waals surface area contributed by atoms with Crippen molar-refractivity contribution in [2.24, 2.45) is 0 Å². The van der Waals surface area contributed by atoms with E-state index < -0.39 is 11.9 Å². The van der Waals surface area contributed by atoms with Crippen LogP contribution in [0.2, 0.25) is 0 Å². The van der Waals surface area contributed by atoms with Crippen LogP contribution in [-0.4, -0.2) is 53.3 Å². The Bertz CT molecular complexity index is 511. The average molecular weight is 351 g/mol. The molecule has 0 aromatic heterocycles. The van der Waals surface area contributed by atoms with Gasteiger partial charge in [-0.1, -0.05) is 32.4 Å². The standard InChI is InChI=1S/C17H27NO.C2H2O4/c1-3-15(2)16-7-9-17(10-8-16)19-14-13-18-11-5-4-6-12-18;3-1(4)2(5)6/h7-10,15H,3-6,11-14H2,1-2H3;(H,3,4)(H,5,6). The minimum atomic E-state index is -1.82. The Balaban J connectivity index is 0.000000450. The average Bonchev–Trinajstić information content (AvgIpc) is 2.63. The molecule has 1 fully saturated rings. The van der Waals surface area contributed by atoms with Gasteiger partial charge in [-0.25, -0.2) is 9.59 Å². The Morgan fingerprint density at radius 3 is 2.12 bits per heavy atom. The molecule has 0 amide bonds. The highest BCUT2D eigenvalue weighted by Gasteiger charge is 2.09. The van der Waals surface area contributed by atoms with Gasteiger partial charge in [0.05, 0.1) is 0 Å². The van der Waals surface area contributed by atoms with E-state index in [2.05, 4.69) is 43.0 Å². The Kier molecular flexibility index (Phi) is 9.62. The van der Waals surface area contributed by atoms with Crippen LogP contribution in [0, 0.1) is 0 Å². The zero-order valence-electron chi connectivity index (χ0n) is 15.1. The van der Waals surface area contributed by atoms with Crippen LogP contribution in [0.25, 0.3) is 0 Å². The first-order valence-electron chi connectivity index (χ1n) is 8.85. The quantitative estimate of drug-likeness (QED) is 0.765. The van der Waals surface area contributed by atoms with E-state index in [1.807, 2.05) is 0 Å². The molecule has 0 bridgehead atoms. The number of aliphatic carboxylic acids is 2. The molecule has 1 aliphatic rings. The summed E-state index contributed by atoms with van der Waals surface area (Å²) in [7, 11) is 0. The van der Waals surface area contributed by atoms with Crippen molar-refractivity contribution in [3.05, 3.63) is 29.8 Å². The molecule has 1 aromatic rings. The molecule has 0 aliphatic carbocycles. The highest BCUT2D eigenvalue weighted by molar-refractivity contribution is 6.27. The number of carboxylic acids is 2. The minimum Gasteiger partial charge on any atom is -0.492 e. The number of piperidine rings is 1. The summed E-state index contributed by atoms with van der Waals surface area (Å²) in [6, 6.07) is 8.62. The normalized spacial score (nSPS) is 15.6. The molecule has 6 heteroatoms. The van der Waals surface area contributed by atoms with Crippen molar-refractivity contribution in [3.8, 4) is 5.75 Å². The number of rotatable bonds is 6. The zero-order chi connectivity index (χ0) is 18.7. The number of carbonyl (C=O) groups is 2. The van der Waals surface area contributed by atoms with Crippen molar-refractivity contribution in [1.82, 2.24) is 4.90 Å². The maximum absolute atomic E-state index is 9.10. The van der Waals surface area contributed by atoms with Gasteiger partial charge in [-0.05, 0) is 56.0 Å². The lowest BCUT2D eigenvalue weighted by molar-refractivity contribution is -0.159. The van der Waals surface area contributed by atoms with Crippen molar-refractivity contribution in [3.63, 3.8) is 0 Å². The Morgan fingerprint density at radius 1 is 1.08 bits per heavy atom. The smallest absolute Gasteiger partial charge is 0.414 e. The van der Waals surface area contributed by atoms with E-state index in [4.69, 9.17) is 24.5 Å². The molecule has 0 spiro atoms. The van der Waals surface area contributed by atoms with E-state index in [0.29, 0.717) is 5.92 Å². The number of likely N-dealkylation sites (tertiary alicyclic amines) is 1. The molecule has 2 rings (SSSR count). The molecule has 1 aliphatic heterocycles. The maximum atomic E-state index is 9.10. The molecule has 2 N–H and O–H groups in total. The van der Waals surface area contributed by atoms with Crippen LogP contribution < -0.4 is 4.74 Å². The lowest BCUT2D eigenvalue weighted by Gasteiger charge is -2.26. The lowest BCUT2D eigenvalue weighted by atomic mass is 9.99. The number of ether oxygens (including phenoxy) is 1. The van der Waals surface area contributed by atoms with E-state index in [-0.39, 0.29) is 0 Å². The monoisotopic (exact) mass is 351 g/mol. The first-order chi connectivity index (χ1) is 11.9. The third kappa shape index (κ3) is 8.54. The van der Waals surface area contributed by atoms with Crippen LogP contribution in [0.15, 0.2) is 24.3 Å². The van der Waals surface area contributed by atoms with Crippen molar-refractivity contribution < 1.29 is 24.5 Å². The van der Waals surface area contributed by atoms with E-state index in [9.17, 15) is 0 Å². The molecular weight excluding hydrogens is 322 g/mol. The van der Waals surface area contributed by atoms with E-state index in [1.54, 1.807) is 0 Å². The van der Waals surface area contributed by atoms with Crippen LogP contribution in [0.4, 0.5) is 0 Å². The maximum Gasteiger partial charge on any atom is 0.414 e. The summed E-state index contributed by atoms with van der Waals surface area (Å²) in [6.45, 7) is 8.86. The first kappa shape index (κ1) is 21.0. The van der Waals surface area contributed by atoms with Crippen LogP contribution in [0.1, 0.15) is 51.0 Å². The Hall–Kier alpha value is -2.08. The summed E-state index contributed by atoms with van der Waals surface area (Å²) in [5, 5.41) is 14.8. The van der Waals surface area contributed by atoms with Gasteiger partial charge < -0.3 is 14.9 Å².